The Morgan fingerprint density at radius 2 is 2.00 bits per heavy atom. The van der Waals surface area contributed by atoms with E-state index in [1.807, 2.05) is 0 Å². The van der Waals surface area contributed by atoms with Gasteiger partial charge >= 0.3 is 0 Å². The summed E-state index contributed by atoms with van der Waals surface area (Å²) in [6.45, 7) is 3.48. The van der Waals surface area contributed by atoms with E-state index in [-0.39, 0.29) is 5.91 Å². The summed E-state index contributed by atoms with van der Waals surface area (Å²) in [7, 11) is 0. The number of nitrogens with one attached hydrogen (secondary N) is 1. The van der Waals surface area contributed by atoms with Crippen LogP contribution < -0.4 is 5.43 Å². The van der Waals surface area contributed by atoms with Crippen molar-refractivity contribution in [1.29, 1.82) is 0 Å². The minimum absolute atomic E-state index is 0.323. The van der Waals surface area contributed by atoms with E-state index in [9.17, 15) is 4.79 Å². The van der Waals surface area contributed by atoms with Gasteiger partial charge in [-0.3, -0.25) is 4.79 Å². The highest BCUT2D eigenvalue weighted by Crippen LogP contribution is 2.22. The molecule has 0 saturated heterocycles. The quantitative estimate of drug-likeness (QED) is 0.687. The van der Waals surface area contributed by atoms with Crippen LogP contribution in [0.5, 0.6) is 0 Å². The molecule has 0 unspecified atom stereocenters. The van der Waals surface area contributed by atoms with Crippen LogP contribution in [0.2, 0.25) is 10.0 Å². The Bertz CT molecular complexity index is 678. The van der Waals surface area contributed by atoms with Crippen LogP contribution in [0.15, 0.2) is 40.0 Å². The summed E-state index contributed by atoms with van der Waals surface area (Å²) in [5.74, 6) is 0.223. The SMILES string of the molecule is C/C(=N\NC(=O)c1ccoc1C)c1ccc(Cl)c(Cl)c1. The molecule has 0 atom stereocenters. The molecule has 0 saturated carbocycles. The van der Waals surface area contributed by atoms with Crippen LogP contribution in [0.25, 0.3) is 0 Å². The average Bonchev–Trinajstić information content (AvgIpc) is 2.85. The van der Waals surface area contributed by atoms with Crippen molar-refractivity contribution in [1.82, 2.24) is 5.43 Å². The summed E-state index contributed by atoms with van der Waals surface area (Å²) >= 11 is 11.8. The molecule has 1 aromatic carbocycles. The number of aryl methyl sites for hydroxylation is 1. The number of halogens is 2. The van der Waals surface area contributed by atoms with Crippen molar-refractivity contribution in [3.8, 4) is 0 Å². The first kappa shape index (κ1) is 14.6. The molecule has 0 fully saturated rings. The molecule has 0 aliphatic rings. The highest BCUT2D eigenvalue weighted by Gasteiger charge is 2.10. The number of amides is 1. The molecule has 1 aromatic heterocycles. The molecule has 20 heavy (non-hydrogen) atoms. The summed E-state index contributed by atoms with van der Waals surface area (Å²) in [6.07, 6.45) is 1.46. The van der Waals surface area contributed by atoms with Crippen molar-refractivity contribution < 1.29 is 9.21 Å². The standard InChI is InChI=1S/C14H12Cl2N2O2/c1-8(10-3-4-12(15)13(16)7-10)17-18-14(19)11-5-6-20-9(11)2/h3-7H,1-2H3,(H,18,19)/b17-8+. The molecule has 2 aromatic rings. The molecular formula is C14H12Cl2N2O2. The van der Waals surface area contributed by atoms with Crippen LogP contribution in [-0.4, -0.2) is 11.6 Å². The average molecular weight is 311 g/mol. The first-order valence-corrected chi connectivity index (χ1v) is 6.59. The zero-order chi connectivity index (χ0) is 14.7. The van der Waals surface area contributed by atoms with Gasteiger partial charge in [0.05, 0.1) is 27.6 Å². The van der Waals surface area contributed by atoms with Gasteiger partial charge < -0.3 is 4.42 Å². The van der Waals surface area contributed by atoms with Crippen molar-refractivity contribution in [2.45, 2.75) is 13.8 Å². The topological polar surface area (TPSA) is 54.6 Å². The Morgan fingerprint density at radius 3 is 2.60 bits per heavy atom. The van der Waals surface area contributed by atoms with Gasteiger partial charge in [-0.05, 0) is 37.6 Å². The molecule has 1 N–H and O–H groups in total. The second-order valence-electron chi connectivity index (χ2n) is 4.16. The summed E-state index contributed by atoms with van der Waals surface area (Å²) in [4.78, 5) is 11.9. The van der Waals surface area contributed by atoms with E-state index in [4.69, 9.17) is 27.6 Å². The maximum atomic E-state index is 11.9. The van der Waals surface area contributed by atoms with Crippen molar-refractivity contribution in [2.24, 2.45) is 5.10 Å². The van der Waals surface area contributed by atoms with Crippen LogP contribution >= 0.6 is 23.2 Å². The van der Waals surface area contributed by atoms with Crippen LogP contribution in [0.4, 0.5) is 0 Å². The molecular weight excluding hydrogens is 299 g/mol. The second-order valence-corrected chi connectivity index (χ2v) is 4.97. The zero-order valence-corrected chi connectivity index (χ0v) is 12.4. The normalized spacial score (nSPS) is 11.5. The van der Waals surface area contributed by atoms with Crippen LogP contribution in [0, 0.1) is 6.92 Å². The number of nitrogens with zero attached hydrogens (tertiary/aromatic N) is 1. The zero-order valence-electron chi connectivity index (χ0n) is 10.9. The molecule has 0 spiro atoms. The van der Waals surface area contributed by atoms with Gasteiger partial charge in [0.2, 0.25) is 0 Å². The smallest absolute Gasteiger partial charge is 0.274 e. The van der Waals surface area contributed by atoms with Gasteiger partial charge in [0.15, 0.2) is 0 Å². The predicted octanol–water partition coefficient (Wildman–Crippen LogP) is 4.05. The number of hydrogen-bond donors (Lipinski definition) is 1. The lowest BCUT2D eigenvalue weighted by molar-refractivity contribution is 0.0953. The molecule has 4 nitrogen and oxygen atoms in total. The lowest BCUT2D eigenvalue weighted by atomic mass is 10.1. The number of furan rings is 1. The van der Waals surface area contributed by atoms with E-state index in [0.717, 1.165) is 5.56 Å². The van der Waals surface area contributed by atoms with Crippen LogP contribution in [0.3, 0.4) is 0 Å². The molecule has 0 aliphatic carbocycles. The fourth-order valence-electron chi connectivity index (χ4n) is 1.60. The Hall–Kier alpha value is -1.78. The largest absolute Gasteiger partial charge is 0.469 e. The first-order chi connectivity index (χ1) is 9.49. The molecule has 0 bridgehead atoms. The van der Waals surface area contributed by atoms with E-state index < -0.39 is 0 Å². The van der Waals surface area contributed by atoms with Gasteiger partial charge in [-0.25, -0.2) is 5.43 Å². The third-order valence-corrected chi connectivity index (χ3v) is 3.51. The fourth-order valence-corrected chi connectivity index (χ4v) is 1.90. The second kappa shape index (κ2) is 6.11. The molecule has 0 radical (unpaired) electrons. The minimum atomic E-state index is -0.323. The van der Waals surface area contributed by atoms with E-state index in [1.54, 1.807) is 38.1 Å². The van der Waals surface area contributed by atoms with Gasteiger partial charge in [-0.15, -0.1) is 0 Å². The van der Waals surface area contributed by atoms with Gasteiger partial charge in [0.1, 0.15) is 5.76 Å². The maximum absolute atomic E-state index is 11.9. The maximum Gasteiger partial charge on any atom is 0.274 e. The van der Waals surface area contributed by atoms with Crippen molar-refractivity contribution in [3.63, 3.8) is 0 Å². The summed E-state index contributed by atoms with van der Waals surface area (Å²) in [5, 5.41) is 4.95. The molecule has 104 valence electrons. The van der Waals surface area contributed by atoms with E-state index in [0.29, 0.717) is 27.1 Å². The number of rotatable bonds is 3. The Labute approximate surface area is 126 Å². The Balaban J connectivity index is 2.13. The fraction of sp³-hybridized carbons (Fsp3) is 0.143. The van der Waals surface area contributed by atoms with Crippen molar-refractivity contribution in [3.05, 3.63) is 57.5 Å². The molecule has 1 heterocycles. The number of hydrogen-bond acceptors (Lipinski definition) is 3. The van der Waals surface area contributed by atoms with Gasteiger partial charge in [0.25, 0.3) is 5.91 Å². The van der Waals surface area contributed by atoms with Gasteiger partial charge in [-0.1, -0.05) is 29.3 Å². The van der Waals surface area contributed by atoms with Crippen LogP contribution in [-0.2, 0) is 0 Å². The van der Waals surface area contributed by atoms with Gasteiger partial charge in [-0.2, -0.15) is 5.10 Å². The third-order valence-electron chi connectivity index (χ3n) is 2.77. The molecule has 2 rings (SSSR count). The number of hydrazone groups is 1. The number of carbonyl (C=O) groups is 1. The summed E-state index contributed by atoms with van der Waals surface area (Å²) < 4.78 is 5.06. The monoisotopic (exact) mass is 310 g/mol. The summed E-state index contributed by atoms with van der Waals surface area (Å²) in [6, 6.07) is 6.75. The minimum Gasteiger partial charge on any atom is -0.469 e. The van der Waals surface area contributed by atoms with Crippen molar-refractivity contribution >= 4 is 34.8 Å². The Kier molecular flexibility index (Phi) is 4.47. The Morgan fingerprint density at radius 1 is 1.25 bits per heavy atom. The lowest BCUT2D eigenvalue weighted by Gasteiger charge is -2.04. The van der Waals surface area contributed by atoms with Gasteiger partial charge in [0, 0.05) is 0 Å². The highest BCUT2D eigenvalue weighted by molar-refractivity contribution is 6.42. The third kappa shape index (κ3) is 3.21. The van der Waals surface area contributed by atoms with E-state index >= 15 is 0 Å². The predicted molar refractivity (Wildman–Crippen MR) is 79.6 cm³/mol. The van der Waals surface area contributed by atoms with E-state index in [1.165, 1.54) is 6.26 Å². The number of benzene rings is 1. The molecule has 6 heteroatoms. The lowest BCUT2D eigenvalue weighted by Crippen LogP contribution is -2.19. The first-order valence-electron chi connectivity index (χ1n) is 5.83. The number of carbonyl (C=O) groups excluding carboxylic acids is 1. The van der Waals surface area contributed by atoms with E-state index in [2.05, 4.69) is 10.5 Å². The summed E-state index contributed by atoms with van der Waals surface area (Å²) in [5.41, 5.74) is 4.33. The molecule has 1 amide bonds. The van der Waals surface area contributed by atoms with Crippen LogP contribution in [0.1, 0.15) is 28.6 Å². The highest BCUT2D eigenvalue weighted by atomic mass is 35.5. The molecule has 0 aliphatic heterocycles. The van der Waals surface area contributed by atoms with Crippen molar-refractivity contribution in [2.75, 3.05) is 0 Å².